The van der Waals surface area contributed by atoms with Crippen molar-refractivity contribution in [2.24, 2.45) is 0 Å². The minimum atomic E-state index is -0.0614. The Kier molecular flexibility index (Phi) is 4.45. The SMILES string of the molecule is CCN(CC)C(=O)c1cc2c(Cl)ccnc2cc1OC. The van der Waals surface area contributed by atoms with E-state index in [1.54, 1.807) is 36.4 Å². The lowest BCUT2D eigenvalue weighted by Crippen LogP contribution is -2.30. The molecule has 20 heavy (non-hydrogen) atoms. The van der Waals surface area contributed by atoms with E-state index in [0.29, 0.717) is 34.9 Å². The van der Waals surface area contributed by atoms with Crippen molar-refractivity contribution < 1.29 is 9.53 Å². The van der Waals surface area contributed by atoms with Crippen molar-refractivity contribution in [3.63, 3.8) is 0 Å². The molecular formula is C15H17ClN2O2. The van der Waals surface area contributed by atoms with Crippen LogP contribution in [-0.4, -0.2) is 36.0 Å². The van der Waals surface area contributed by atoms with Gasteiger partial charge in [-0.05, 0) is 26.0 Å². The highest BCUT2D eigenvalue weighted by atomic mass is 35.5. The number of nitrogens with zero attached hydrogens (tertiary/aromatic N) is 2. The van der Waals surface area contributed by atoms with E-state index < -0.39 is 0 Å². The number of aromatic nitrogens is 1. The van der Waals surface area contributed by atoms with Crippen LogP contribution in [0.5, 0.6) is 5.75 Å². The van der Waals surface area contributed by atoms with Gasteiger partial charge in [-0.1, -0.05) is 11.6 Å². The van der Waals surface area contributed by atoms with Crippen LogP contribution in [0.1, 0.15) is 24.2 Å². The molecule has 1 heterocycles. The van der Waals surface area contributed by atoms with Crippen LogP contribution in [0.3, 0.4) is 0 Å². The van der Waals surface area contributed by atoms with Crippen molar-refractivity contribution in [3.05, 3.63) is 35.0 Å². The highest BCUT2D eigenvalue weighted by Gasteiger charge is 2.19. The lowest BCUT2D eigenvalue weighted by molar-refractivity contribution is 0.0770. The number of fused-ring (bicyclic) bond motifs is 1. The maximum Gasteiger partial charge on any atom is 0.257 e. The van der Waals surface area contributed by atoms with Gasteiger partial charge in [0.25, 0.3) is 5.91 Å². The zero-order chi connectivity index (χ0) is 14.7. The Morgan fingerprint density at radius 3 is 2.65 bits per heavy atom. The number of carbonyl (C=O) groups is 1. The summed E-state index contributed by atoms with van der Waals surface area (Å²) in [5.41, 5.74) is 1.23. The second-order valence-electron chi connectivity index (χ2n) is 4.34. The molecule has 1 amide bonds. The Bertz CT molecular complexity index is 639. The molecule has 1 aromatic carbocycles. The van der Waals surface area contributed by atoms with Crippen molar-refractivity contribution in [1.82, 2.24) is 9.88 Å². The molecule has 0 aliphatic carbocycles. The molecule has 0 unspecified atom stereocenters. The van der Waals surface area contributed by atoms with Crippen LogP contribution in [0.25, 0.3) is 10.9 Å². The molecule has 0 saturated carbocycles. The zero-order valence-corrected chi connectivity index (χ0v) is 12.6. The summed E-state index contributed by atoms with van der Waals surface area (Å²) in [5.74, 6) is 0.456. The molecule has 2 aromatic rings. The monoisotopic (exact) mass is 292 g/mol. The van der Waals surface area contributed by atoms with Crippen molar-refractivity contribution in [2.45, 2.75) is 13.8 Å². The zero-order valence-electron chi connectivity index (χ0n) is 11.8. The van der Waals surface area contributed by atoms with E-state index in [-0.39, 0.29) is 5.91 Å². The van der Waals surface area contributed by atoms with Crippen LogP contribution < -0.4 is 4.74 Å². The number of benzene rings is 1. The minimum Gasteiger partial charge on any atom is -0.496 e. The van der Waals surface area contributed by atoms with Crippen molar-refractivity contribution in [3.8, 4) is 5.75 Å². The van der Waals surface area contributed by atoms with E-state index in [9.17, 15) is 4.79 Å². The van der Waals surface area contributed by atoms with Crippen LogP contribution in [0, 0.1) is 0 Å². The number of pyridine rings is 1. The number of methoxy groups -OCH3 is 1. The van der Waals surface area contributed by atoms with E-state index in [2.05, 4.69) is 4.98 Å². The maximum atomic E-state index is 12.5. The van der Waals surface area contributed by atoms with E-state index in [1.807, 2.05) is 13.8 Å². The third-order valence-electron chi connectivity index (χ3n) is 3.29. The van der Waals surface area contributed by atoms with Gasteiger partial charge in [-0.3, -0.25) is 9.78 Å². The second kappa shape index (κ2) is 6.09. The third-order valence-corrected chi connectivity index (χ3v) is 3.62. The van der Waals surface area contributed by atoms with Gasteiger partial charge in [-0.2, -0.15) is 0 Å². The second-order valence-corrected chi connectivity index (χ2v) is 4.75. The Balaban J connectivity index is 2.62. The minimum absolute atomic E-state index is 0.0614. The van der Waals surface area contributed by atoms with Gasteiger partial charge in [0, 0.05) is 30.7 Å². The number of halogens is 1. The average Bonchev–Trinajstić information content (AvgIpc) is 2.47. The molecule has 2 rings (SSSR count). The summed E-state index contributed by atoms with van der Waals surface area (Å²) in [6.07, 6.45) is 1.63. The highest BCUT2D eigenvalue weighted by Crippen LogP contribution is 2.29. The summed E-state index contributed by atoms with van der Waals surface area (Å²) in [5, 5.41) is 1.33. The van der Waals surface area contributed by atoms with Crippen LogP contribution >= 0.6 is 11.6 Å². The molecule has 0 aliphatic rings. The van der Waals surface area contributed by atoms with Crippen LogP contribution in [-0.2, 0) is 0 Å². The van der Waals surface area contributed by atoms with Crippen LogP contribution in [0.15, 0.2) is 24.4 Å². The van der Waals surface area contributed by atoms with Crippen molar-refractivity contribution >= 4 is 28.4 Å². The molecule has 0 spiro atoms. The number of hydrogen-bond acceptors (Lipinski definition) is 3. The van der Waals surface area contributed by atoms with E-state index in [4.69, 9.17) is 16.3 Å². The van der Waals surface area contributed by atoms with E-state index >= 15 is 0 Å². The first-order valence-electron chi connectivity index (χ1n) is 6.53. The van der Waals surface area contributed by atoms with Gasteiger partial charge < -0.3 is 9.64 Å². The molecule has 0 fully saturated rings. The number of hydrogen-bond donors (Lipinski definition) is 0. The van der Waals surface area contributed by atoms with Crippen molar-refractivity contribution in [2.75, 3.05) is 20.2 Å². The Labute approximate surface area is 123 Å². The predicted octanol–water partition coefficient (Wildman–Crippen LogP) is 3.38. The standard InChI is InChI=1S/C15H17ClN2O2/c1-4-18(5-2)15(19)11-8-10-12(16)6-7-17-13(10)9-14(11)20-3/h6-9H,4-5H2,1-3H3. The van der Waals surface area contributed by atoms with Gasteiger partial charge in [0.05, 0.1) is 23.2 Å². The normalized spacial score (nSPS) is 10.6. The summed E-state index contributed by atoms with van der Waals surface area (Å²) < 4.78 is 5.32. The smallest absolute Gasteiger partial charge is 0.257 e. The molecular weight excluding hydrogens is 276 g/mol. The van der Waals surface area contributed by atoms with Gasteiger partial charge in [-0.25, -0.2) is 0 Å². The Morgan fingerprint density at radius 2 is 2.05 bits per heavy atom. The van der Waals surface area contributed by atoms with E-state index in [1.165, 1.54) is 0 Å². The molecule has 106 valence electrons. The topological polar surface area (TPSA) is 42.4 Å². The Morgan fingerprint density at radius 1 is 1.35 bits per heavy atom. The highest BCUT2D eigenvalue weighted by molar-refractivity contribution is 6.35. The predicted molar refractivity (Wildman–Crippen MR) is 80.6 cm³/mol. The molecule has 0 N–H and O–H groups in total. The van der Waals surface area contributed by atoms with E-state index in [0.717, 1.165) is 5.39 Å². The van der Waals surface area contributed by atoms with Crippen LogP contribution in [0.2, 0.25) is 5.02 Å². The fraction of sp³-hybridized carbons (Fsp3) is 0.333. The molecule has 0 saturated heterocycles. The van der Waals surface area contributed by atoms with Gasteiger partial charge in [0.2, 0.25) is 0 Å². The molecule has 0 bridgehead atoms. The van der Waals surface area contributed by atoms with Gasteiger partial charge in [0.1, 0.15) is 5.75 Å². The van der Waals surface area contributed by atoms with Gasteiger partial charge in [0.15, 0.2) is 0 Å². The largest absolute Gasteiger partial charge is 0.496 e. The number of rotatable bonds is 4. The summed E-state index contributed by atoms with van der Waals surface area (Å²) in [6.45, 7) is 5.20. The molecule has 0 atom stereocenters. The Hall–Kier alpha value is -1.81. The molecule has 1 aromatic heterocycles. The summed E-state index contributed by atoms with van der Waals surface area (Å²) in [7, 11) is 1.55. The first kappa shape index (κ1) is 14.6. The molecule has 0 aliphatic heterocycles. The summed E-state index contributed by atoms with van der Waals surface area (Å²) in [4.78, 5) is 18.5. The van der Waals surface area contributed by atoms with Gasteiger partial charge in [-0.15, -0.1) is 0 Å². The van der Waals surface area contributed by atoms with Crippen LogP contribution in [0.4, 0.5) is 0 Å². The van der Waals surface area contributed by atoms with Gasteiger partial charge >= 0.3 is 0 Å². The fourth-order valence-electron chi connectivity index (χ4n) is 2.16. The fourth-order valence-corrected chi connectivity index (χ4v) is 2.36. The summed E-state index contributed by atoms with van der Waals surface area (Å²) >= 11 is 6.17. The third kappa shape index (κ3) is 2.56. The molecule has 5 heteroatoms. The molecule has 0 radical (unpaired) electrons. The first-order chi connectivity index (χ1) is 9.62. The number of carbonyl (C=O) groups excluding carboxylic acids is 1. The average molecular weight is 293 g/mol. The lowest BCUT2D eigenvalue weighted by atomic mass is 10.1. The lowest BCUT2D eigenvalue weighted by Gasteiger charge is -2.20. The van der Waals surface area contributed by atoms with Crippen molar-refractivity contribution in [1.29, 1.82) is 0 Å². The quantitative estimate of drug-likeness (QED) is 0.867. The number of ether oxygens (including phenoxy) is 1. The summed E-state index contributed by atoms with van der Waals surface area (Å²) in [6, 6.07) is 5.21. The first-order valence-corrected chi connectivity index (χ1v) is 6.91. The maximum absolute atomic E-state index is 12.5. The number of amides is 1. The molecule has 4 nitrogen and oxygen atoms in total.